The zero-order valence-corrected chi connectivity index (χ0v) is 10.6. The number of para-hydroxylation sites is 1. The third kappa shape index (κ3) is 2.77. The molecule has 0 saturated heterocycles. The van der Waals surface area contributed by atoms with Crippen LogP contribution in [0.5, 0.6) is 5.75 Å². The lowest BCUT2D eigenvalue weighted by atomic mass is 10.1. The summed E-state index contributed by atoms with van der Waals surface area (Å²) in [5.74, 6) is 0.659. The van der Waals surface area contributed by atoms with E-state index in [9.17, 15) is 4.79 Å². The summed E-state index contributed by atoms with van der Waals surface area (Å²) in [6, 6.07) is 17.3. The molecule has 2 aromatic rings. The van der Waals surface area contributed by atoms with Gasteiger partial charge in [-0.15, -0.1) is 0 Å². The Morgan fingerprint density at radius 3 is 2.28 bits per heavy atom. The molecule has 0 amide bonds. The molecule has 92 valence electrons. The van der Waals surface area contributed by atoms with Crippen LogP contribution in [0.15, 0.2) is 54.6 Å². The number of ketones is 1. The predicted molar refractivity (Wildman–Crippen MR) is 71.9 cm³/mol. The smallest absolute Gasteiger partial charge is 0.163 e. The highest BCUT2D eigenvalue weighted by atomic mass is 16.5. The van der Waals surface area contributed by atoms with Crippen molar-refractivity contribution in [3.8, 4) is 5.75 Å². The van der Waals surface area contributed by atoms with Crippen molar-refractivity contribution in [2.45, 2.75) is 20.0 Å². The lowest BCUT2D eigenvalue weighted by Crippen LogP contribution is -2.06. The van der Waals surface area contributed by atoms with Crippen LogP contribution in [0.4, 0.5) is 0 Å². The Balaban J connectivity index is 2.22. The van der Waals surface area contributed by atoms with E-state index in [1.165, 1.54) is 0 Å². The van der Waals surface area contributed by atoms with Crippen LogP contribution in [0.2, 0.25) is 0 Å². The van der Waals surface area contributed by atoms with E-state index < -0.39 is 0 Å². The molecule has 0 aromatic heterocycles. The third-order valence-corrected chi connectivity index (χ3v) is 2.84. The monoisotopic (exact) mass is 240 g/mol. The molecular weight excluding hydrogens is 224 g/mol. The van der Waals surface area contributed by atoms with Crippen LogP contribution in [-0.4, -0.2) is 5.78 Å². The molecule has 2 aromatic carbocycles. The molecule has 0 aliphatic carbocycles. The minimum absolute atomic E-state index is 0.0193. The second-order valence-electron chi connectivity index (χ2n) is 4.22. The zero-order valence-electron chi connectivity index (χ0n) is 10.6. The maximum atomic E-state index is 11.5. The van der Waals surface area contributed by atoms with Crippen LogP contribution in [0.25, 0.3) is 0 Å². The summed E-state index contributed by atoms with van der Waals surface area (Å²) in [4.78, 5) is 11.5. The van der Waals surface area contributed by atoms with Crippen molar-refractivity contribution in [2.24, 2.45) is 0 Å². The molecule has 18 heavy (non-hydrogen) atoms. The lowest BCUT2D eigenvalue weighted by molar-refractivity contribution is 0.101. The molecule has 0 radical (unpaired) electrons. The minimum atomic E-state index is -0.0771. The number of Topliss-reactive ketones (excluding diaryl/α,β-unsaturated/α-hetero) is 1. The molecule has 0 aliphatic rings. The van der Waals surface area contributed by atoms with Gasteiger partial charge in [-0.1, -0.05) is 42.5 Å². The SMILES string of the molecule is CC(=O)c1ccccc1OC(C)c1ccccc1. The second-order valence-corrected chi connectivity index (χ2v) is 4.22. The van der Waals surface area contributed by atoms with Crippen molar-refractivity contribution < 1.29 is 9.53 Å². The van der Waals surface area contributed by atoms with E-state index in [1.54, 1.807) is 13.0 Å². The van der Waals surface area contributed by atoms with Gasteiger partial charge in [0.1, 0.15) is 11.9 Å². The number of ether oxygens (including phenoxy) is 1. The van der Waals surface area contributed by atoms with E-state index in [0.717, 1.165) is 5.56 Å². The Kier molecular flexibility index (Phi) is 3.78. The van der Waals surface area contributed by atoms with Gasteiger partial charge in [-0.25, -0.2) is 0 Å². The lowest BCUT2D eigenvalue weighted by Gasteiger charge is -2.16. The summed E-state index contributed by atoms with van der Waals surface area (Å²) >= 11 is 0. The van der Waals surface area contributed by atoms with Gasteiger partial charge in [0, 0.05) is 0 Å². The Hall–Kier alpha value is -2.09. The van der Waals surface area contributed by atoms with Crippen molar-refractivity contribution in [3.63, 3.8) is 0 Å². The summed E-state index contributed by atoms with van der Waals surface area (Å²) in [6.07, 6.45) is -0.0771. The van der Waals surface area contributed by atoms with E-state index in [0.29, 0.717) is 11.3 Å². The van der Waals surface area contributed by atoms with E-state index in [4.69, 9.17) is 4.74 Å². The van der Waals surface area contributed by atoms with Crippen molar-refractivity contribution in [3.05, 3.63) is 65.7 Å². The number of benzene rings is 2. The molecule has 0 heterocycles. The molecule has 1 atom stereocenters. The summed E-state index contributed by atoms with van der Waals surface area (Å²) < 4.78 is 5.87. The van der Waals surface area contributed by atoms with E-state index >= 15 is 0 Å². The summed E-state index contributed by atoms with van der Waals surface area (Å²) in [6.45, 7) is 3.53. The molecule has 2 rings (SSSR count). The summed E-state index contributed by atoms with van der Waals surface area (Å²) in [7, 11) is 0. The van der Waals surface area contributed by atoms with Crippen LogP contribution >= 0.6 is 0 Å². The first-order chi connectivity index (χ1) is 8.68. The fraction of sp³-hybridized carbons (Fsp3) is 0.188. The van der Waals surface area contributed by atoms with Gasteiger partial charge in [-0.05, 0) is 31.5 Å². The Labute approximate surface area is 107 Å². The van der Waals surface area contributed by atoms with Gasteiger partial charge >= 0.3 is 0 Å². The van der Waals surface area contributed by atoms with Gasteiger partial charge < -0.3 is 4.74 Å². The Bertz CT molecular complexity index is 532. The number of carbonyl (C=O) groups is 1. The van der Waals surface area contributed by atoms with E-state index in [1.807, 2.05) is 55.5 Å². The first-order valence-electron chi connectivity index (χ1n) is 6.00. The largest absolute Gasteiger partial charge is 0.485 e. The summed E-state index contributed by atoms with van der Waals surface area (Å²) in [5, 5.41) is 0. The van der Waals surface area contributed by atoms with Crippen LogP contribution in [0.1, 0.15) is 35.9 Å². The molecule has 2 heteroatoms. The van der Waals surface area contributed by atoms with Crippen LogP contribution in [0.3, 0.4) is 0 Å². The van der Waals surface area contributed by atoms with Gasteiger partial charge in [-0.2, -0.15) is 0 Å². The molecule has 0 bridgehead atoms. The highest BCUT2D eigenvalue weighted by Gasteiger charge is 2.11. The average molecular weight is 240 g/mol. The van der Waals surface area contributed by atoms with Gasteiger partial charge in [0.2, 0.25) is 0 Å². The molecule has 0 aliphatic heterocycles. The number of hydrogen-bond acceptors (Lipinski definition) is 2. The normalized spacial score (nSPS) is 11.9. The molecule has 0 saturated carbocycles. The molecule has 1 unspecified atom stereocenters. The predicted octanol–water partition coefficient (Wildman–Crippen LogP) is 4.03. The number of hydrogen-bond donors (Lipinski definition) is 0. The highest BCUT2D eigenvalue weighted by Crippen LogP contribution is 2.25. The number of carbonyl (C=O) groups excluding carboxylic acids is 1. The standard InChI is InChI=1S/C16H16O2/c1-12(17)15-10-6-7-11-16(15)18-13(2)14-8-4-3-5-9-14/h3-11,13H,1-2H3. The topological polar surface area (TPSA) is 26.3 Å². The van der Waals surface area contributed by atoms with Gasteiger partial charge in [-0.3, -0.25) is 4.79 Å². The molecular formula is C16H16O2. The maximum Gasteiger partial charge on any atom is 0.163 e. The fourth-order valence-corrected chi connectivity index (χ4v) is 1.84. The van der Waals surface area contributed by atoms with Crippen molar-refractivity contribution in [2.75, 3.05) is 0 Å². The van der Waals surface area contributed by atoms with Crippen molar-refractivity contribution in [1.82, 2.24) is 0 Å². The minimum Gasteiger partial charge on any atom is -0.485 e. The zero-order chi connectivity index (χ0) is 13.0. The molecule has 0 N–H and O–H groups in total. The quantitative estimate of drug-likeness (QED) is 0.754. The Morgan fingerprint density at radius 1 is 1.00 bits per heavy atom. The van der Waals surface area contributed by atoms with Crippen LogP contribution in [0, 0.1) is 0 Å². The van der Waals surface area contributed by atoms with E-state index in [2.05, 4.69) is 0 Å². The van der Waals surface area contributed by atoms with Gasteiger partial charge in [0.15, 0.2) is 5.78 Å². The first-order valence-corrected chi connectivity index (χ1v) is 6.00. The van der Waals surface area contributed by atoms with Crippen LogP contribution in [-0.2, 0) is 0 Å². The van der Waals surface area contributed by atoms with E-state index in [-0.39, 0.29) is 11.9 Å². The fourth-order valence-electron chi connectivity index (χ4n) is 1.84. The van der Waals surface area contributed by atoms with Crippen LogP contribution < -0.4 is 4.74 Å². The summed E-state index contributed by atoms with van der Waals surface area (Å²) in [5.41, 5.74) is 1.72. The van der Waals surface area contributed by atoms with Crippen molar-refractivity contribution >= 4 is 5.78 Å². The highest BCUT2D eigenvalue weighted by molar-refractivity contribution is 5.96. The molecule has 2 nitrogen and oxygen atoms in total. The Morgan fingerprint density at radius 2 is 1.61 bits per heavy atom. The first kappa shape index (κ1) is 12.4. The average Bonchev–Trinajstić information content (AvgIpc) is 2.40. The van der Waals surface area contributed by atoms with Gasteiger partial charge in [0.25, 0.3) is 0 Å². The molecule has 0 fully saturated rings. The van der Waals surface area contributed by atoms with Gasteiger partial charge in [0.05, 0.1) is 5.56 Å². The third-order valence-electron chi connectivity index (χ3n) is 2.84. The molecule has 0 spiro atoms. The van der Waals surface area contributed by atoms with Crippen molar-refractivity contribution in [1.29, 1.82) is 0 Å². The maximum absolute atomic E-state index is 11.5. The number of rotatable bonds is 4. The second kappa shape index (κ2) is 5.50.